The predicted octanol–water partition coefficient (Wildman–Crippen LogP) is 2.12. The number of halogens is 1. The molecule has 0 N–H and O–H groups in total. The minimum Gasteiger partial charge on any atom is -0.356 e. The van der Waals surface area contributed by atoms with Gasteiger partial charge in [0.05, 0.1) is 6.04 Å². The summed E-state index contributed by atoms with van der Waals surface area (Å²) in [5.74, 6) is -0.618. The van der Waals surface area contributed by atoms with E-state index in [4.69, 9.17) is 4.74 Å². The fraction of sp³-hybridized carbons (Fsp3) is 0.556. The quantitative estimate of drug-likeness (QED) is 0.832. The molecule has 6 heteroatoms. The van der Waals surface area contributed by atoms with Gasteiger partial charge in [0, 0.05) is 19.6 Å². The average Bonchev–Trinajstić information content (AvgIpc) is 2.58. The zero-order chi connectivity index (χ0) is 17.3. The van der Waals surface area contributed by atoms with Gasteiger partial charge in [0.25, 0.3) is 5.91 Å². The molecule has 0 aromatic heterocycles. The summed E-state index contributed by atoms with van der Waals surface area (Å²) in [5.41, 5.74) is 0.704. The van der Waals surface area contributed by atoms with Gasteiger partial charge in [-0.3, -0.25) is 9.59 Å². The lowest BCUT2D eigenvalue weighted by Crippen LogP contribution is -2.56. The van der Waals surface area contributed by atoms with Crippen LogP contribution in [0.4, 0.5) is 4.39 Å². The van der Waals surface area contributed by atoms with Crippen molar-refractivity contribution in [2.45, 2.75) is 44.4 Å². The molecule has 2 aliphatic heterocycles. The number of amides is 2. The third-order valence-corrected chi connectivity index (χ3v) is 5.02. The number of hydrogen-bond acceptors (Lipinski definition) is 3. The van der Waals surface area contributed by atoms with Crippen molar-refractivity contribution in [2.75, 3.05) is 20.2 Å². The van der Waals surface area contributed by atoms with Gasteiger partial charge in [-0.2, -0.15) is 0 Å². The first-order valence-electron chi connectivity index (χ1n) is 8.42. The molecular weight excluding hydrogens is 311 g/mol. The van der Waals surface area contributed by atoms with Crippen LogP contribution in [0.2, 0.25) is 0 Å². The van der Waals surface area contributed by atoms with Crippen LogP contribution in [-0.4, -0.2) is 54.0 Å². The van der Waals surface area contributed by atoms with Crippen LogP contribution in [0.15, 0.2) is 24.3 Å². The molecule has 0 bridgehead atoms. The third kappa shape index (κ3) is 3.15. The van der Waals surface area contributed by atoms with E-state index in [2.05, 4.69) is 0 Å². The monoisotopic (exact) mass is 334 g/mol. The summed E-state index contributed by atoms with van der Waals surface area (Å²) in [6.07, 6.45) is 2.34. The summed E-state index contributed by atoms with van der Waals surface area (Å²) in [4.78, 5) is 28.5. The van der Waals surface area contributed by atoms with Crippen LogP contribution in [0.1, 0.15) is 37.8 Å². The van der Waals surface area contributed by atoms with E-state index in [0.29, 0.717) is 12.1 Å². The largest absolute Gasteiger partial charge is 0.356 e. The molecule has 0 aliphatic carbocycles. The Morgan fingerprint density at radius 3 is 2.62 bits per heavy atom. The molecule has 0 spiro atoms. The molecule has 2 amide bonds. The van der Waals surface area contributed by atoms with Gasteiger partial charge >= 0.3 is 0 Å². The molecule has 5 nitrogen and oxygen atoms in total. The van der Waals surface area contributed by atoms with Gasteiger partial charge in [-0.05, 0) is 43.9 Å². The molecular formula is C18H23FN2O3. The van der Waals surface area contributed by atoms with Crippen LogP contribution in [0.5, 0.6) is 0 Å². The van der Waals surface area contributed by atoms with Gasteiger partial charge in [-0.25, -0.2) is 4.39 Å². The molecule has 2 saturated heterocycles. The highest BCUT2D eigenvalue weighted by atomic mass is 19.1. The SMILES string of the molecule is C[C@@H]1CCCCN1C(=O)[C@@H]1OCC(=O)N(C)[C@@H]1c1ccc(F)cc1. The number of carbonyl (C=O) groups excluding carboxylic acids is 2. The van der Waals surface area contributed by atoms with E-state index in [9.17, 15) is 14.0 Å². The van der Waals surface area contributed by atoms with Crippen molar-refractivity contribution in [3.05, 3.63) is 35.6 Å². The lowest BCUT2D eigenvalue weighted by atomic mass is 9.95. The van der Waals surface area contributed by atoms with Crippen molar-refractivity contribution in [2.24, 2.45) is 0 Å². The second kappa shape index (κ2) is 6.89. The summed E-state index contributed by atoms with van der Waals surface area (Å²) in [5, 5.41) is 0. The molecule has 24 heavy (non-hydrogen) atoms. The van der Waals surface area contributed by atoms with E-state index in [0.717, 1.165) is 19.3 Å². The molecule has 130 valence electrons. The standard InChI is InChI=1S/C18H23FN2O3/c1-12-5-3-4-10-21(12)18(23)17-16(20(2)15(22)11-24-17)13-6-8-14(19)9-7-13/h6-9,12,16-17H,3-5,10-11H2,1-2H3/t12-,16-,17-/m1/s1. The van der Waals surface area contributed by atoms with Crippen LogP contribution in [0, 0.1) is 5.82 Å². The zero-order valence-electron chi connectivity index (χ0n) is 14.1. The zero-order valence-corrected chi connectivity index (χ0v) is 14.1. The first-order valence-corrected chi connectivity index (χ1v) is 8.42. The summed E-state index contributed by atoms with van der Waals surface area (Å²) >= 11 is 0. The van der Waals surface area contributed by atoms with Crippen molar-refractivity contribution >= 4 is 11.8 Å². The van der Waals surface area contributed by atoms with E-state index >= 15 is 0 Å². The number of carbonyl (C=O) groups is 2. The molecule has 2 aliphatic rings. The molecule has 1 aromatic carbocycles. The van der Waals surface area contributed by atoms with Crippen LogP contribution in [0.3, 0.4) is 0 Å². The first kappa shape index (κ1) is 16.9. The minimum atomic E-state index is -0.751. The number of benzene rings is 1. The highest BCUT2D eigenvalue weighted by Crippen LogP contribution is 2.31. The Balaban J connectivity index is 1.89. The Hall–Kier alpha value is -1.95. The summed E-state index contributed by atoms with van der Waals surface area (Å²) in [7, 11) is 1.67. The number of likely N-dealkylation sites (N-methyl/N-ethyl adjacent to an activating group) is 1. The van der Waals surface area contributed by atoms with Crippen LogP contribution < -0.4 is 0 Å². The molecule has 2 fully saturated rings. The van der Waals surface area contributed by atoms with Gasteiger partial charge < -0.3 is 14.5 Å². The van der Waals surface area contributed by atoms with Gasteiger partial charge in [-0.1, -0.05) is 12.1 Å². The van der Waals surface area contributed by atoms with Gasteiger partial charge in [0.1, 0.15) is 12.4 Å². The fourth-order valence-electron chi connectivity index (χ4n) is 3.57. The Kier molecular flexibility index (Phi) is 4.85. The number of ether oxygens (including phenoxy) is 1. The van der Waals surface area contributed by atoms with E-state index in [1.54, 1.807) is 19.2 Å². The Morgan fingerprint density at radius 2 is 1.96 bits per heavy atom. The van der Waals surface area contributed by atoms with E-state index in [1.165, 1.54) is 17.0 Å². The van der Waals surface area contributed by atoms with E-state index in [-0.39, 0.29) is 30.3 Å². The van der Waals surface area contributed by atoms with Crippen molar-refractivity contribution in [1.29, 1.82) is 0 Å². The normalized spacial score (nSPS) is 28.1. The topological polar surface area (TPSA) is 49.9 Å². The number of rotatable bonds is 2. The lowest BCUT2D eigenvalue weighted by Gasteiger charge is -2.42. The maximum atomic E-state index is 13.2. The van der Waals surface area contributed by atoms with Gasteiger partial charge in [-0.15, -0.1) is 0 Å². The summed E-state index contributed by atoms with van der Waals surface area (Å²) in [6.45, 7) is 2.65. The van der Waals surface area contributed by atoms with Crippen LogP contribution in [0.25, 0.3) is 0 Å². The number of morpholine rings is 1. The fourth-order valence-corrected chi connectivity index (χ4v) is 3.57. The highest BCUT2D eigenvalue weighted by molar-refractivity contribution is 5.86. The Labute approximate surface area is 141 Å². The number of nitrogens with zero attached hydrogens (tertiary/aromatic N) is 2. The Morgan fingerprint density at radius 1 is 1.25 bits per heavy atom. The minimum absolute atomic E-state index is 0.0872. The molecule has 0 saturated carbocycles. The molecule has 0 unspecified atom stereocenters. The van der Waals surface area contributed by atoms with Gasteiger partial charge in [0.2, 0.25) is 5.91 Å². The number of hydrogen-bond donors (Lipinski definition) is 0. The first-order chi connectivity index (χ1) is 11.5. The van der Waals surface area contributed by atoms with E-state index in [1.807, 2.05) is 11.8 Å². The summed E-state index contributed by atoms with van der Waals surface area (Å²) in [6, 6.07) is 5.54. The second-order valence-corrected chi connectivity index (χ2v) is 6.61. The molecule has 3 atom stereocenters. The van der Waals surface area contributed by atoms with E-state index < -0.39 is 12.1 Å². The molecule has 3 rings (SSSR count). The number of piperidine rings is 1. The van der Waals surface area contributed by atoms with Crippen molar-refractivity contribution in [3.8, 4) is 0 Å². The van der Waals surface area contributed by atoms with Crippen molar-refractivity contribution < 1.29 is 18.7 Å². The Bertz CT molecular complexity index is 619. The maximum Gasteiger partial charge on any atom is 0.254 e. The number of likely N-dealkylation sites (tertiary alicyclic amines) is 1. The smallest absolute Gasteiger partial charge is 0.254 e. The highest BCUT2D eigenvalue weighted by Gasteiger charge is 2.42. The van der Waals surface area contributed by atoms with Crippen LogP contribution >= 0.6 is 0 Å². The molecule has 0 radical (unpaired) electrons. The van der Waals surface area contributed by atoms with Crippen molar-refractivity contribution in [1.82, 2.24) is 9.80 Å². The van der Waals surface area contributed by atoms with Gasteiger partial charge in [0.15, 0.2) is 6.10 Å². The summed E-state index contributed by atoms with van der Waals surface area (Å²) < 4.78 is 18.9. The maximum absolute atomic E-state index is 13.2. The van der Waals surface area contributed by atoms with Crippen molar-refractivity contribution in [3.63, 3.8) is 0 Å². The average molecular weight is 334 g/mol. The third-order valence-electron chi connectivity index (χ3n) is 5.02. The predicted molar refractivity (Wildman–Crippen MR) is 86.7 cm³/mol. The molecule has 1 aromatic rings. The second-order valence-electron chi connectivity index (χ2n) is 6.61. The lowest BCUT2D eigenvalue weighted by molar-refractivity contribution is -0.169. The van der Waals surface area contributed by atoms with Crippen LogP contribution in [-0.2, 0) is 14.3 Å². The molecule has 2 heterocycles.